The average molecular weight is 390 g/mol. The Kier molecular flexibility index (Phi) is 5.19. The van der Waals surface area contributed by atoms with Crippen molar-refractivity contribution in [1.29, 1.82) is 0 Å². The molecular formula is C20H23NO3S2. The third kappa shape index (κ3) is 3.06. The molecule has 0 aromatic heterocycles. The van der Waals surface area contributed by atoms with E-state index in [1.165, 1.54) is 0 Å². The van der Waals surface area contributed by atoms with E-state index >= 15 is 0 Å². The molecule has 0 amide bonds. The van der Waals surface area contributed by atoms with Gasteiger partial charge in [0.1, 0.15) is 0 Å². The molecule has 1 aliphatic rings. The van der Waals surface area contributed by atoms with Crippen LogP contribution in [0.1, 0.15) is 24.0 Å². The molecule has 26 heavy (non-hydrogen) atoms. The number of nitrogens with two attached hydrogens (primary N) is 1. The number of thiocarbonyl (C=S) groups is 1. The molecule has 3 atom stereocenters. The molecular weight excluding hydrogens is 366 g/mol. The number of rotatable bonds is 7. The summed E-state index contributed by atoms with van der Waals surface area (Å²) in [6.07, 6.45) is 0. The summed E-state index contributed by atoms with van der Waals surface area (Å²) in [7, 11) is -3.61. The Labute approximate surface area is 160 Å². The maximum atomic E-state index is 13.4. The van der Waals surface area contributed by atoms with Crippen molar-refractivity contribution >= 4 is 27.0 Å². The monoisotopic (exact) mass is 389 g/mol. The van der Waals surface area contributed by atoms with Gasteiger partial charge in [0.15, 0.2) is 9.84 Å². The third-order valence-electron chi connectivity index (χ3n) is 5.10. The fourth-order valence-electron chi connectivity index (χ4n) is 3.68. The Morgan fingerprint density at radius 3 is 2.31 bits per heavy atom. The number of sulfone groups is 1. The summed E-state index contributed by atoms with van der Waals surface area (Å²) in [5.41, 5.74) is 7.12. The van der Waals surface area contributed by atoms with E-state index in [4.69, 9.17) is 22.7 Å². The van der Waals surface area contributed by atoms with E-state index in [0.29, 0.717) is 11.5 Å². The summed E-state index contributed by atoms with van der Waals surface area (Å²) < 4.78 is 32.4. The largest absolute Gasteiger partial charge is 0.393 e. The molecule has 0 heterocycles. The van der Waals surface area contributed by atoms with Gasteiger partial charge in [-0.25, -0.2) is 8.42 Å². The van der Waals surface area contributed by atoms with Gasteiger partial charge in [-0.05, 0) is 31.5 Å². The van der Waals surface area contributed by atoms with E-state index in [0.717, 1.165) is 11.1 Å². The van der Waals surface area contributed by atoms with Crippen molar-refractivity contribution in [3.8, 4) is 0 Å². The van der Waals surface area contributed by atoms with Crippen molar-refractivity contribution in [3.63, 3.8) is 0 Å². The molecule has 6 heteroatoms. The fourth-order valence-corrected chi connectivity index (χ4v) is 6.45. The lowest BCUT2D eigenvalue weighted by Gasteiger charge is -2.17. The van der Waals surface area contributed by atoms with E-state index in [1.54, 1.807) is 24.3 Å². The van der Waals surface area contributed by atoms with Gasteiger partial charge >= 0.3 is 0 Å². The maximum Gasteiger partial charge on any atom is 0.182 e. The SMILES string of the molecule is CCOC[C@@]1(C(N)=S)[C@H](c2ccccc2)[C@@H]1S(=O)(=O)c1ccc(C)cc1. The number of hydrogen-bond donors (Lipinski definition) is 1. The smallest absolute Gasteiger partial charge is 0.182 e. The highest BCUT2D eigenvalue weighted by atomic mass is 32.2. The maximum absolute atomic E-state index is 13.4. The number of hydrogen-bond acceptors (Lipinski definition) is 4. The Hall–Kier alpha value is -1.76. The minimum Gasteiger partial charge on any atom is -0.393 e. The molecule has 0 aliphatic heterocycles. The molecule has 2 aromatic rings. The minimum absolute atomic E-state index is 0.195. The highest BCUT2D eigenvalue weighted by Crippen LogP contribution is 2.64. The van der Waals surface area contributed by atoms with Crippen molar-refractivity contribution in [2.75, 3.05) is 13.2 Å². The van der Waals surface area contributed by atoms with Crippen molar-refractivity contribution in [2.45, 2.75) is 29.9 Å². The quantitative estimate of drug-likeness (QED) is 0.736. The van der Waals surface area contributed by atoms with Crippen LogP contribution in [0, 0.1) is 12.3 Å². The zero-order valence-corrected chi connectivity index (χ0v) is 16.5. The fraction of sp³-hybridized carbons (Fsp3) is 0.350. The van der Waals surface area contributed by atoms with Crippen LogP contribution in [0.4, 0.5) is 0 Å². The van der Waals surface area contributed by atoms with Crippen molar-refractivity contribution in [1.82, 2.24) is 0 Å². The lowest BCUT2D eigenvalue weighted by molar-refractivity contribution is 0.121. The molecule has 138 valence electrons. The van der Waals surface area contributed by atoms with Gasteiger partial charge in [-0.1, -0.05) is 60.2 Å². The molecule has 1 saturated carbocycles. The van der Waals surface area contributed by atoms with Crippen LogP contribution in [-0.4, -0.2) is 31.9 Å². The highest BCUT2D eigenvalue weighted by Gasteiger charge is 2.73. The standard InChI is InChI=1S/C20H23NO3S2/c1-3-24-13-20(19(21)25)17(15-7-5-4-6-8-15)18(20)26(22,23)16-11-9-14(2)10-12-16/h4-12,17-18H,3,13H2,1-2H3,(H2,21,25)/t17-,18+,20-/m1/s1. The molecule has 2 N–H and O–H groups in total. The number of benzene rings is 2. The van der Waals surface area contributed by atoms with E-state index in [-0.39, 0.29) is 17.5 Å². The van der Waals surface area contributed by atoms with Crippen LogP contribution in [0.15, 0.2) is 59.5 Å². The highest BCUT2D eigenvalue weighted by molar-refractivity contribution is 7.92. The van der Waals surface area contributed by atoms with E-state index in [2.05, 4.69) is 0 Å². The second-order valence-corrected chi connectivity index (χ2v) is 9.22. The van der Waals surface area contributed by atoms with Gasteiger partial charge in [0.25, 0.3) is 0 Å². The molecule has 0 spiro atoms. The number of aryl methyl sites for hydroxylation is 1. The van der Waals surface area contributed by atoms with Crippen LogP contribution in [0.25, 0.3) is 0 Å². The van der Waals surface area contributed by atoms with Crippen LogP contribution >= 0.6 is 12.2 Å². The summed E-state index contributed by atoms with van der Waals surface area (Å²) in [5.74, 6) is -0.306. The van der Waals surface area contributed by atoms with Crippen LogP contribution in [0.5, 0.6) is 0 Å². The zero-order valence-electron chi connectivity index (χ0n) is 14.9. The summed E-state index contributed by atoms with van der Waals surface area (Å²) in [4.78, 5) is 0.490. The summed E-state index contributed by atoms with van der Waals surface area (Å²) in [6, 6.07) is 16.5. The third-order valence-corrected chi connectivity index (χ3v) is 7.77. The Morgan fingerprint density at radius 2 is 1.77 bits per heavy atom. The molecule has 2 aromatic carbocycles. The minimum atomic E-state index is -3.61. The van der Waals surface area contributed by atoms with Crippen molar-refractivity contribution in [3.05, 3.63) is 65.7 Å². The molecule has 1 fully saturated rings. The predicted octanol–water partition coefficient (Wildman–Crippen LogP) is 3.24. The first-order valence-electron chi connectivity index (χ1n) is 8.59. The van der Waals surface area contributed by atoms with E-state index in [9.17, 15) is 8.42 Å². The van der Waals surface area contributed by atoms with Crippen LogP contribution in [0.2, 0.25) is 0 Å². The van der Waals surface area contributed by atoms with Gasteiger partial charge in [-0.15, -0.1) is 0 Å². The van der Waals surface area contributed by atoms with E-state index < -0.39 is 20.5 Å². The first-order chi connectivity index (χ1) is 12.4. The molecule has 0 saturated heterocycles. The van der Waals surface area contributed by atoms with E-state index in [1.807, 2.05) is 44.2 Å². The average Bonchev–Trinajstić information content (AvgIpc) is 3.32. The predicted molar refractivity (Wildman–Crippen MR) is 107 cm³/mol. The van der Waals surface area contributed by atoms with Crippen molar-refractivity contribution < 1.29 is 13.2 Å². The van der Waals surface area contributed by atoms with Gasteiger partial charge in [-0.2, -0.15) is 0 Å². The molecule has 0 bridgehead atoms. The van der Waals surface area contributed by atoms with Gasteiger partial charge in [0.2, 0.25) is 0 Å². The summed E-state index contributed by atoms with van der Waals surface area (Å²) in [5, 5.41) is -0.718. The van der Waals surface area contributed by atoms with Gasteiger partial charge < -0.3 is 10.5 Å². The first-order valence-corrected chi connectivity index (χ1v) is 10.5. The molecule has 1 aliphatic carbocycles. The lowest BCUT2D eigenvalue weighted by atomic mass is 10.00. The second kappa shape index (κ2) is 7.10. The normalized spacial score (nSPS) is 25.0. The Balaban J connectivity index is 2.09. The Bertz CT molecular complexity index is 894. The van der Waals surface area contributed by atoms with Crippen LogP contribution in [0.3, 0.4) is 0 Å². The Morgan fingerprint density at radius 1 is 1.15 bits per heavy atom. The van der Waals surface area contributed by atoms with Crippen LogP contribution in [-0.2, 0) is 14.6 Å². The zero-order chi connectivity index (χ0) is 18.9. The molecule has 4 nitrogen and oxygen atoms in total. The van der Waals surface area contributed by atoms with Gasteiger partial charge in [0.05, 0.1) is 27.2 Å². The second-order valence-electron chi connectivity index (χ2n) is 6.71. The molecule has 0 unspecified atom stereocenters. The van der Waals surface area contributed by atoms with Gasteiger partial charge in [-0.3, -0.25) is 0 Å². The lowest BCUT2D eigenvalue weighted by Crippen LogP contribution is -2.33. The molecule has 3 rings (SSSR count). The summed E-state index contributed by atoms with van der Waals surface area (Å²) >= 11 is 5.33. The van der Waals surface area contributed by atoms with Gasteiger partial charge in [0, 0.05) is 12.5 Å². The number of ether oxygens (including phenoxy) is 1. The van der Waals surface area contributed by atoms with Crippen molar-refractivity contribution in [2.24, 2.45) is 11.1 Å². The molecule has 0 radical (unpaired) electrons. The first kappa shape index (κ1) is 19.0. The van der Waals surface area contributed by atoms with Crippen LogP contribution < -0.4 is 5.73 Å². The summed E-state index contributed by atoms with van der Waals surface area (Å²) in [6.45, 7) is 4.47. The topological polar surface area (TPSA) is 69.4 Å².